The number of nitrogens with zero attached hydrogens (tertiary/aromatic N) is 3. The van der Waals surface area contributed by atoms with E-state index in [1.165, 1.54) is 5.56 Å². The van der Waals surface area contributed by atoms with E-state index in [9.17, 15) is 9.59 Å². The number of pyridine rings is 2. The van der Waals surface area contributed by atoms with E-state index in [1.54, 1.807) is 23.4 Å². The molecule has 0 fully saturated rings. The molecule has 1 aliphatic heterocycles. The zero-order valence-corrected chi connectivity index (χ0v) is 19.3. The van der Waals surface area contributed by atoms with Gasteiger partial charge in [-0.3, -0.25) is 19.6 Å². The molecule has 1 N–H and O–H groups in total. The van der Waals surface area contributed by atoms with Crippen LogP contribution in [0, 0.1) is 0 Å². The second-order valence-corrected chi connectivity index (χ2v) is 8.74. The van der Waals surface area contributed by atoms with E-state index in [1.807, 2.05) is 30.3 Å². The molecule has 0 aliphatic carbocycles. The Labute approximate surface area is 195 Å². The van der Waals surface area contributed by atoms with Crippen molar-refractivity contribution < 1.29 is 9.59 Å². The summed E-state index contributed by atoms with van der Waals surface area (Å²) in [6, 6.07) is 15.8. The van der Waals surface area contributed by atoms with Gasteiger partial charge in [0.15, 0.2) is 0 Å². The minimum atomic E-state index is -0.191. The molecule has 4 rings (SSSR count). The van der Waals surface area contributed by atoms with Gasteiger partial charge in [-0.2, -0.15) is 0 Å². The molecule has 0 saturated carbocycles. The number of aromatic nitrogens is 2. The molecule has 1 aromatic carbocycles. The van der Waals surface area contributed by atoms with Crippen LogP contribution in [0.15, 0.2) is 60.9 Å². The molecule has 0 bridgehead atoms. The lowest BCUT2D eigenvalue weighted by molar-refractivity contribution is -0.118. The van der Waals surface area contributed by atoms with Crippen LogP contribution in [0.2, 0.25) is 0 Å². The van der Waals surface area contributed by atoms with Crippen molar-refractivity contribution in [1.82, 2.24) is 15.3 Å². The van der Waals surface area contributed by atoms with E-state index in [4.69, 9.17) is 0 Å². The summed E-state index contributed by atoms with van der Waals surface area (Å²) < 4.78 is 0. The van der Waals surface area contributed by atoms with Crippen molar-refractivity contribution in [2.75, 3.05) is 18.0 Å². The fourth-order valence-corrected chi connectivity index (χ4v) is 4.06. The number of carbonyl (C=O) groups is 2. The smallest absolute Gasteiger partial charge is 0.252 e. The number of benzene rings is 1. The van der Waals surface area contributed by atoms with Crippen molar-refractivity contribution in [3.05, 3.63) is 89.0 Å². The van der Waals surface area contributed by atoms with Gasteiger partial charge in [0.05, 0.1) is 23.4 Å². The Bertz CT molecular complexity index is 1110. The summed E-state index contributed by atoms with van der Waals surface area (Å²) >= 11 is 0. The largest absolute Gasteiger partial charge is 0.352 e. The van der Waals surface area contributed by atoms with E-state index < -0.39 is 0 Å². The Morgan fingerprint density at radius 2 is 1.91 bits per heavy atom. The van der Waals surface area contributed by atoms with E-state index in [-0.39, 0.29) is 11.8 Å². The number of nitrogens with one attached hydrogen (secondary N) is 1. The SMILES string of the molecule is CC(C)c1ccc(CC(=O)N2CCCc3ncc(C(=O)NCCc4ccccn4)cc32)cc1. The lowest BCUT2D eigenvalue weighted by Crippen LogP contribution is -2.37. The van der Waals surface area contributed by atoms with Gasteiger partial charge in [-0.15, -0.1) is 0 Å². The molecule has 2 aromatic heterocycles. The van der Waals surface area contributed by atoms with Crippen LogP contribution in [0.3, 0.4) is 0 Å². The fourth-order valence-electron chi connectivity index (χ4n) is 4.06. The third-order valence-corrected chi connectivity index (χ3v) is 5.99. The van der Waals surface area contributed by atoms with Gasteiger partial charge in [0, 0.05) is 37.6 Å². The number of carbonyl (C=O) groups excluding carboxylic acids is 2. The third kappa shape index (κ3) is 5.64. The summed E-state index contributed by atoms with van der Waals surface area (Å²) in [4.78, 5) is 36.4. The number of amides is 2. The first-order chi connectivity index (χ1) is 16.0. The van der Waals surface area contributed by atoms with Crippen LogP contribution in [0.25, 0.3) is 0 Å². The molecule has 0 unspecified atom stereocenters. The summed E-state index contributed by atoms with van der Waals surface area (Å²) in [5.74, 6) is 0.301. The maximum Gasteiger partial charge on any atom is 0.252 e. The minimum Gasteiger partial charge on any atom is -0.352 e. The van der Waals surface area contributed by atoms with Crippen molar-refractivity contribution in [3.63, 3.8) is 0 Å². The highest BCUT2D eigenvalue weighted by Crippen LogP contribution is 2.27. The van der Waals surface area contributed by atoms with Crippen molar-refractivity contribution in [2.24, 2.45) is 0 Å². The van der Waals surface area contributed by atoms with Crippen molar-refractivity contribution >= 4 is 17.5 Å². The Morgan fingerprint density at radius 3 is 2.64 bits per heavy atom. The maximum absolute atomic E-state index is 13.1. The number of aryl methyl sites for hydroxylation is 1. The Morgan fingerprint density at radius 1 is 1.09 bits per heavy atom. The van der Waals surface area contributed by atoms with Crippen LogP contribution < -0.4 is 10.2 Å². The molecule has 33 heavy (non-hydrogen) atoms. The summed E-state index contributed by atoms with van der Waals surface area (Å²) in [6.07, 6.45) is 6.02. The van der Waals surface area contributed by atoms with Crippen molar-refractivity contribution in [1.29, 1.82) is 0 Å². The molecule has 170 valence electrons. The number of anilines is 1. The predicted molar refractivity (Wildman–Crippen MR) is 129 cm³/mol. The Balaban J connectivity index is 1.43. The molecular weight excluding hydrogens is 412 g/mol. The molecule has 0 radical (unpaired) electrons. The average molecular weight is 443 g/mol. The zero-order chi connectivity index (χ0) is 23.2. The topological polar surface area (TPSA) is 75.2 Å². The zero-order valence-electron chi connectivity index (χ0n) is 19.3. The standard InChI is InChI=1S/C27H30N4O2/c1-19(2)21-10-8-20(9-11-21)16-26(32)31-15-5-7-24-25(31)17-22(18-30-24)27(33)29-14-12-23-6-3-4-13-28-23/h3-4,6,8-11,13,17-19H,5,7,12,14-16H2,1-2H3,(H,29,33). The van der Waals surface area contributed by atoms with Gasteiger partial charge < -0.3 is 10.2 Å². The Hall–Kier alpha value is -3.54. The highest BCUT2D eigenvalue weighted by molar-refractivity contribution is 5.99. The number of rotatable bonds is 7. The molecule has 2 amide bonds. The molecule has 0 atom stereocenters. The molecule has 1 aliphatic rings. The first-order valence-corrected chi connectivity index (χ1v) is 11.6. The quantitative estimate of drug-likeness (QED) is 0.598. The summed E-state index contributed by atoms with van der Waals surface area (Å²) in [5.41, 5.74) is 5.28. The summed E-state index contributed by atoms with van der Waals surface area (Å²) in [7, 11) is 0. The monoisotopic (exact) mass is 442 g/mol. The molecule has 3 heterocycles. The van der Waals surface area contributed by atoms with E-state index in [0.29, 0.717) is 37.4 Å². The first-order valence-electron chi connectivity index (χ1n) is 11.6. The van der Waals surface area contributed by atoms with E-state index >= 15 is 0 Å². The molecule has 0 saturated heterocycles. The first kappa shape index (κ1) is 22.6. The lowest BCUT2D eigenvalue weighted by atomic mass is 10.00. The van der Waals surface area contributed by atoms with Crippen LogP contribution >= 0.6 is 0 Å². The molecule has 6 heteroatoms. The van der Waals surface area contributed by atoms with Crippen LogP contribution in [-0.4, -0.2) is 34.9 Å². The second-order valence-electron chi connectivity index (χ2n) is 8.74. The normalized spacial score (nSPS) is 13.0. The van der Waals surface area contributed by atoms with Crippen LogP contribution in [0.1, 0.15) is 59.1 Å². The molecule has 0 spiro atoms. The minimum absolute atomic E-state index is 0.0303. The van der Waals surface area contributed by atoms with Gasteiger partial charge in [0.2, 0.25) is 5.91 Å². The van der Waals surface area contributed by atoms with E-state index in [2.05, 4.69) is 41.3 Å². The highest BCUT2D eigenvalue weighted by atomic mass is 16.2. The van der Waals surface area contributed by atoms with Crippen molar-refractivity contribution in [3.8, 4) is 0 Å². The number of hydrogen-bond donors (Lipinski definition) is 1. The van der Waals surface area contributed by atoms with E-state index in [0.717, 1.165) is 35.5 Å². The van der Waals surface area contributed by atoms with Crippen molar-refractivity contribution in [2.45, 2.75) is 45.4 Å². The van der Waals surface area contributed by atoms with Crippen LogP contribution in [0.4, 0.5) is 5.69 Å². The second kappa shape index (κ2) is 10.4. The van der Waals surface area contributed by atoms with Gasteiger partial charge in [-0.05, 0) is 48.1 Å². The van der Waals surface area contributed by atoms with Gasteiger partial charge >= 0.3 is 0 Å². The average Bonchev–Trinajstić information content (AvgIpc) is 2.84. The highest BCUT2D eigenvalue weighted by Gasteiger charge is 2.25. The van der Waals surface area contributed by atoms with Gasteiger partial charge in [-0.25, -0.2) is 0 Å². The predicted octanol–water partition coefficient (Wildman–Crippen LogP) is 4.09. The molecular formula is C27H30N4O2. The van der Waals surface area contributed by atoms with Gasteiger partial charge in [-0.1, -0.05) is 44.2 Å². The molecule has 6 nitrogen and oxygen atoms in total. The molecule has 3 aromatic rings. The maximum atomic E-state index is 13.1. The third-order valence-electron chi connectivity index (χ3n) is 5.99. The van der Waals surface area contributed by atoms with Crippen LogP contribution in [-0.2, 0) is 24.1 Å². The van der Waals surface area contributed by atoms with Crippen LogP contribution in [0.5, 0.6) is 0 Å². The summed E-state index contributed by atoms with van der Waals surface area (Å²) in [6.45, 7) is 5.44. The van der Waals surface area contributed by atoms with Gasteiger partial charge in [0.25, 0.3) is 5.91 Å². The summed E-state index contributed by atoms with van der Waals surface area (Å²) in [5, 5.41) is 2.93. The van der Waals surface area contributed by atoms with Gasteiger partial charge in [0.1, 0.15) is 0 Å². The lowest BCUT2D eigenvalue weighted by Gasteiger charge is -2.29. The number of hydrogen-bond acceptors (Lipinski definition) is 4. The fraction of sp³-hybridized carbons (Fsp3) is 0.333. The number of fused-ring (bicyclic) bond motifs is 1. The Kier molecular flexibility index (Phi) is 7.13.